The summed E-state index contributed by atoms with van der Waals surface area (Å²) in [5.74, 6) is -0.232. The molecule has 0 aromatic carbocycles. The molecular weight excluding hydrogens is 314 g/mol. The zero-order valence-corrected chi connectivity index (χ0v) is 12.2. The normalized spacial score (nSPS) is 12.5. The molecule has 1 unspecified atom stereocenters. The van der Waals surface area contributed by atoms with E-state index in [1.807, 2.05) is 6.07 Å². The molecule has 0 bridgehead atoms. The maximum absolute atomic E-state index is 11.3. The molecule has 0 aliphatic heterocycles. The van der Waals surface area contributed by atoms with Crippen LogP contribution in [-0.4, -0.2) is 18.6 Å². The fourth-order valence-corrected chi connectivity index (χ4v) is 2.82. The number of ether oxygens (including phenoxy) is 1. The van der Waals surface area contributed by atoms with Crippen molar-refractivity contribution in [2.24, 2.45) is 0 Å². The van der Waals surface area contributed by atoms with Crippen molar-refractivity contribution in [2.75, 3.05) is 6.61 Å². The lowest BCUT2D eigenvalue weighted by Crippen LogP contribution is -2.34. The van der Waals surface area contributed by atoms with Gasteiger partial charge in [-0.25, -0.2) is 0 Å². The first-order valence-electron chi connectivity index (χ1n) is 4.88. The van der Waals surface area contributed by atoms with Crippen molar-refractivity contribution in [1.82, 2.24) is 5.32 Å². The molecule has 1 heterocycles. The van der Waals surface area contributed by atoms with Crippen LogP contribution in [0.15, 0.2) is 10.5 Å². The second kappa shape index (κ2) is 6.59. The number of carbonyl (C=O) groups excluding carboxylic acids is 1. The molecule has 1 rings (SSSR count). The van der Waals surface area contributed by atoms with Crippen LogP contribution < -0.4 is 5.32 Å². The molecule has 1 atom stereocenters. The van der Waals surface area contributed by atoms with Crippen LogP contribution in [0.5, 0.6) is 0 Å². The highest BCUT2D eigenvalue weighted by molar-refractivity contribution is 9.10. The fraction of sp³-hybridized carbons (Fsp3) is 0.500. The third kappa shape index (κ3) is 4.05. The molecule has 0 aliphatic rings. The third-order valence-electron chi connectivity index (χ3n) is 1.92. The van der Waals surface area contributed by atoms with Crippen molar-refractivity contribution in [3.8, 4) is 0 Å². The van der Waals surface area contributed by atoms with E-state index >= 15 is 0 Å². The summed E-state index contributed by atoms with van der Waals surface area (Å²) < 4.78 is 6.50. The van der Waals surface area contributed by atoms with Crippen LogP contribution in [0.3, 0.4) is 0 Å². The Morgan fingerprint density at radius 1 is 1.75 bits per heavy atom. The van der Waals surface area contributed by atoms with Crippen molar-refractivity contribution in [3.05, 3.63) is 19.8 Å². The Morgan fingerprint density at radius 2 is 2.44 bits per heavy atom. The average Bonchev–Trinajstić information content (AvgIpc) is 2.55. The zero-order valence-electron chi connectivity index (χ0n) is 9.05. The second-order valence-electron chi connectivity index (χ2n) is 3.19. The molecule has 0 aliphatic carbocycles. The van der Waals surface area contributed by atoms with E-state index in [1.54, 1.807) is 13.8 Å². The van der Waals surface area contributed by atoms with Gasteiger partial charge in [0, 0.05) is 15.9 Å². The van der Waals surface area contributed by atoms with Gasteiger partial charge in [0.25, 0.3) is 0 Å². The van der Waals surface area contributed by atoms with E-state index < -0.39 is 0 Å². The van der Waals surface area contributed by atoms with E-state index in [-0.39, 0.29) is 12.0 Å². The number of thiophene rings is 1. The van der Waals surface area contributed by atoms with E-state index in [2.05, 4.69) is 21.2 Å². The summed E-state index contributed by atoms with van der Waals surface area (Å²) in [4.78, 5) is 12.4. The van der Waals surface area contributed by atoms with Crippen molar-refractivity contribution in [2.45, 2.75) is 26.4 Å². The van der Waals surface area contributed by atoms with Gasteiger partial charge < -0.3 is 4.74 Å². The summed E-state index contributed by atoms with van der Waals surface area (Å²) in [6.07, 6.45) is 0. The van der Waals surface area contributed by atoms with Crippen molar-refractivity contribution in [1.29, 1.82) is 0 Å². The molecule has 0 saturated carbocycles. The fourth-order valence-electron chi connectivity index (χ4n) is 1.08. The van der Waals surface area contributed by atoms with Gasteiger partial charge >= 0.3 is 5.97 Å². The first-order chi connectivity index (χ1) is 7.54. The standard InChI is InChI=1S/C10H13BrClNO2S/c1-3-15-10(14)6(2)13-5-7-4-8(11)9(12)16-7/h4,6,13H,3,5H2,1-2H3. The monoisotopic (exact) mass is 325 g/mol. The summed E-state index contributed by atoms with van der Waals surface area (Å²) >= 11 is 10.7. The average molecular weight is 327 g/mol. The second-order valence-corrected chi connectivity index (χ2v) is 5.78. The predicted octanol–water partition coefficient (Wildman–Crippen LogP) is 3.21. The summed E-state index contributed by atoms with van der Waals surface area (Å²) in [7, 11) is 0. The summed E-state index contributed by atoms with van der Waals surface area (Å²) in [6, 6.07) is 1.64. The molecule has 0 radical (unpaired) electrons. The maximum Gasteiger partial charge on any atom is 0.322 e. The third-order valence-corrected chi connectivity index (χ3v) is 4.39. The summed E-state index contributed by atoms with van der Waals surface area (Å²) in [6.45, 7) is 4.58. The molecule has 0 fully saturated rings. The van der Waals surface area contributed by atoms with Crippen molar-refractivity contribution >= 4 is 44.8 Å². The Morgan fingerprint density at radius 3 is 2.94 bits per heavy atom. The number of rotatable bonds is 5. The first-order valence-corrected chi connectivity index (χ1v) is 6.87. The summed E-state index contributed by atoms with van der Waals surface area (Å²) in [5.41, 5.74) is 0. The Labute approximate surface area is 112 Å². The highest BCUT2D eigenvalue weighted by atomic mass is 79.9. The van der Waals surface area contributed by atoms with Gasteiger partial charge in [0.15, 0.2) is 0 Å². The van der Waals surface area contributed by atoms with Crippen LogP contribution >= 0.6 is 38.9 Å². The van der Waals surface area contributed by atoms with Crippen LogP contribution in [-0.2, 0) is 16.1 Å². The molecule has 90 valence electrons. The molecule has 16 heavy (non-hydrogen) atoms. The molecule has 3 nitrogen and oxygen atoms in total. The topological polar surface area (TPSA) is 38.3 Å². The maximum atomic E-state index is 11.3. The molecule has 0 spiro atoms. The predicted molar refractivity (Wildman–Crippen MR) is 70.0 cm³/mol. The van der Waals surface area contributed by atoms with Crippen LogP contribution in [0.4, 0.5) is 0 Å². The molecule has 6 heteroatoms. The van der Waals surface area contributed by atoms with E-state index in [4.69, 9.17) is 16.3 Å². The van der Waals surface area contributed by atoms with Crippen molar-refractivity contribution < 1.29 is 9.53 Å². The Kier molecular flexibility index (Phi) is 5.75. The number of hydrogen-bond donors (Lipinski definition) is 1. The first kappa shape index (κ1) is 14.0. The number of nitrogens with one attached hydrogen (secondary N) is 1. The Bertz CT molecular complexity index is 350. The molecular formula is C10H13BrClNO2S. The van der Waals surface area contributed by atoms with Gasteiger partial charge in [-0.15, -0.1) is 11.3 Å². The number of esters is 1. The van der Waals surface area contributed by atoms with Gasteiger partial charge in [0.05, 0.1) is 6.61 Å². The van der Waals surface area contributed by atoms with Crippen LogP contribution in [0, 0.1) is 0 Å². The largest absolute Gasteiger partial charge is 0.465 e. The highest BCUT2D eigenvalue weighted by Gasteiger charge is 2.13. The Hall–Kier alpha value is -0.100. The SMILES string of the molecule is CCOC(=O)C(C)NCc1cc(Br)c(Cl)s1. The molecule has 1 aromatic rings. The van der Waals surface area contributed by atoms with Gasteiger partial charge in [-0.3, -0.25) is 10.1 Å². The van der Waals surface area contributed by atoms with Gasteiger partial charge in [-0.05, 0) is 35.8 Å². The molecule has 0 saturated heterocycles. The van der Waals surface area contributed by atoms with Gasteiger partial charge in [0.1, 0.15) is 10.4 Å². The molecule has 0 amide bonds. The van der Waals surface area contributed by atoms with Crippen molar-refractivity contribution in [3.63, 3.8) is 0 Å². The molecule has 1 aromatic heterocycles. The summed E-state index contributed by atoms with van der Waals surface area (Å²) in [5, 5.41) is 3.08. The van der Waals surface area contributed by atoms with E-state index in [1.165, 1.54) is 11.3 Å². The Balaban J connectivity index is 2.42. The van der Waals surface area contributed by atoms with Gasteiger partial charge in [-0.1, -0.05) is 11.6 Å². The van der Waals surface area contributed by atoms with E-state index in [9.17, 15) is 4.79 Å². The smallest absolute Gasteiger partial charge is 0.322 e. The minimum Gasteiger partial charge on any atom is -0.465 e. The number of halogens is 2. The van der Waals surface area contributed by atoms with Crippen LogP contribution in [0.1, 0.15) is 18.7 Å². The van der Waals surface area contributed by atoms with Crippen LogP contribution in [0.2, 0.25) is 4.34 Å². The lowest BCUT2D eigenvalue weighted by Gasteiger charge is -2.11. The number of hydrogen-bond acceptors (Lipinski definition) is 4. The zero-order chi connectivity index (χ0) is 12.1. The van der Waals surface area contributed by atoms with Gasteiger partial charge in [-0.2, -0.15) is 0 Å². The molecule has 1 N–H and O–H groups in total. The van der Waals surface area contributed by atoms with Gasteiger partial charge in [0.2, 0.25) is 0 Å². The lowest BCUT2D eigenvalue weighted by molar-refractivity contribution is -0.145. The minimum atomic E-state index is -0.306. The number of carbonyl (C=O) groups is 1. The quantitative estimate of drug-likeness (QED) is 0.844. The lowest BCUT2D eigenvalue weighted by atomic mass is 10.3. The highest BCUT2D eigenvalue weighted by Crippen LogP contribution is 2.31. The minimum absolute atomic E-state index is 0.232. The van der Waals surface area contributed by atoms with E-state index in [0.717, 1.165) is 13.7 Å². The van der Waals surface area contributed by atoms with E-state index in [0.29, 0.717) is 13.2 Å². The van der Waals surface area contributed by atoms with Crippen LogP contribution in [0.25, 0.3) is 0 Å².